The molecule has 0 saturated heterocycles. The summed E-state index contributed by atoms with van der Waals surface area (Å²) in [5.74, 6) is -2.83. The fraction of sp³-hybridized carbons (Fsp3) is 0. The second kappa shape index (κ2) is 7.42. The summed E-state index contributed by atoms with van der Waals surface area (Å²) in [7, 11) is -10.5. The largest absolute Gasteiger partial charge is 0.744 e. The normalized spacial score (nSPS) is 13.1. The van der Waals surface area contributed by atoms with Crippen LogP contribution in [0.5, 0.6) is 11.5 Å². The molecule has 0 saturated carbocycles. The highest BCUT2D eigenvalue weighted by Gasteiger charge is 2.30. The van der Waals surface area contributed by atoms with Crippen molar-refractivity contribution in [3.63, 3.8) is 0 Å². The number of nitrogen functional groups attached to an aromatic ring is 1. The molecule has 0 unspecified atom stereocenters. The molecule has 0 atom stereocenters. The van der Waals surface area contributed by atoms with E-state index in [0.717, 1.165) is 6.07 Å². The molecule has 3 aromatic carbocycles. The minimum atomic E-state index is -5.25. The lowest BCUT2D eigenvalue weighted by molar-refractivity contribution is -0.255. The summed E-state index contributed by atoms with van der Waals surface area (Å²) in [5.41, 5.74) is 4.81. The maximum atomic E-state index is 12.0. The van der Waals surface area contributed by atoms with Gasteiger partial charge in [0.1, 0.15) is 30.0 Å². The van der Waals surface area contributed by atoms with Crippen molar-refractivity contribution in [2.24, 2.45) is 0 Å². The number of rotatable bonds is 4. The Hall–Kier alpha value is -3.71. The zero-order valence-corrected chi connectivity index (χ0v) is 18.0. The summed E-state index contributed by atoms with van der Waals surface area (Å²) in [6.45, 7) is 3.51. The van der Waals surface area contributed by atoms with Crippen molar-refractivity contribution in [2.75, 3.05) is 5.73 Å². The molecule has 0 radical (unpaired) electrons. The van der Waals surface area contributed by atoms with Gasteiger partial charge in [0.05, 0.1) is 11.7 Å². The van der Waals surface area contributed by atoms with Crippen LogP contribution >= 0.6 is 0 Å². The van der Waals surface area contributed by atoms with Gasteiger partial charge in [0.25, 0.3) is 0 Å². The van der Waals surface area contributed by atoms with E-state index in [1.165, 1.54) is 42.5 Å². The summed E-state index contributed by atoms with van der Waals surface area (Å²) < 4.78 is 77.5. The molecule has 4 rings (SSSR count). The van der Waals surface area contributed by atoms with Crippen molar-refractivity contribution in [2.45, 2.75) is 9.79 Å². The van der Waals surface area contributed by atoms with Crippen molar-refractivity contribution >= 4 is 44.0 Å². The number of nitrogens with two attached hydrogens (primary N) is 1. The third-order valence-corrected chi connectivity index (χ3v) is 6.86. The topological polar surface area (TPSA) is 190 Å². The zero-order chi connectivity index (χ0) is 24.3. The molecule has 0 spiro atoms. The Balaban J connectivity index is 2.33. The number of aromatic carboxylic acids is 1. The van der Waals surface area contributed by atoms with Gasteiger partial charge >= 0.3 is 0 Å². The summed E-state index contributed by atoms with van der Waals surface area (Å²) in [4.78, 5) is 9.89. The number of carboxylic acids is 1. The third kappa shape index (κ3) is 3.64. The van der Waals surface area contributed by atoms with Gasteiger partial charge in [-0.15, -0.1) is 0 Å². The first-order valence-corrected chi connectivity index (χ1v) is 11.8. The first-order valence-electron chi connectivity index (χ1n) is 9.02. The molecule has 10 nitrogen and oxygen atoms in total. The van der Waals surface area contributed by atoms with Gasteiger partial charge in [-0.25, -0.2) is 16.8 Å². The van der Waals surface area contributed by atoms with Crippen molar-refractivity contribution in [3.05, 3.63) is 75.7 Å². The number of fused-ring (bicyclic) bond motifs is 2. The van der Waals surface area contributed by atoms with Gasteiger partial charge in [-0.2, -0.15) is 0 Å². The lowest BCUT2D eigenvalue weighted by atomic mass is 9.89. The number of carboxylic acid groups (broad SMARTS) is 1. The Bertz CT molecular complexity index is 1690. The zero-order valence-electron chi connectivity index (χ0n) is 16.4. The van der Waals surface area contributed by atoms with Crippen LogP contribution in [0, 0.1) is 0 Å². The van der Waals surface area contributed by atoms with Gasteiger partial charge in [-0.3, -0.25) is 0 Å². The first kappa shape index (κ1) is 22.5. The molecule has 0 aliphatic carbocycles. The second-order valence-electron chi connectivity index (χ2n) is 7.01. The van der Waals surface area contributed by atoms with E-state index in [2.05, 4.69) is 6.58 Å². The Kier molecular flexibility index (Phi) is 5.05. The van der Waals surface area contributed by atoms with Crippen LogP contribution in [0.2, 0.25) is 0 Å². The summed E-state index contributed by atoms with van der Waals surface area (Å²) in [6.07, 6.45) is 0. The molecule has 170 valence electrons. The van der Waals surface area contributed by atoms with E-state index in [9.17, 15) is 35.8 Å². The van der Waals surface area contributed by atoms with Crippen molar-refractivity contribution in [1.29, 1.82) is 0 Å². The van der Waals surface area contributed by atoms with Crippen molar-refractivity contribution in [1.82, 2.24) is 0 Å². The number of carbonyl (C=O) groups excluding carboxylic acids is 1. The standard InChI is InChI=1S/C21H15NO9S2/c1-10-6-7-13-16(11-4-2-3-5-12(11)21(23)24)14-8-9-15(22)20(33(28,29)30)18(14)31-17(13)19(10)32(25,26)27/h2-9H,1,22H2,(H,23,24)(H,25,26,27)(H,28,29,30)/p-3. The van der Waals surface area contributed by atoms with Crippen LogP contribution in [0.1, 0.15) is 21.5 Å². The number of benzene rings is 3. The van der Waals surface area contributed by atoms with E-state index < -0.39 is 53.2 Å². The number of hydrogen-bond acceptors (Lipinski definition) is 10. The first-order chi connectivity index (χ1) is 15.3. The molecular weight excluding hydrogens is 474 g/mol. The number of ether oxygens (including phenoxy) is 1. The van der Waals surface area contributed by atoms with E-state index in [1.54, 1.807) is 0 Å². The molecule has 33 heavy (non-hydrogen) atoms. The Morgan fingerprint density at radius 2 is 1.48 bits per heavy atom. The highest BCUT2D eigenvalue weighted by atomic mass is 32.2. The second-order valence-corrected chi connectivity index (χ2v) is 9.64. The molecule has 0 fully saturated rings. The Morgan fingerprint density at radius 1 is 0.848 bits per heavy atom. The highest BCUT2D eigenvalue weighted by Crippen LogP contribution is 2.44. The number of hydrogen-bond donors (Lipinski definition) is 1. The Labute approximate surface area is 187 Å². The molecule has 1 heterocycles. The molecule has 1 aliphatic heterocycles. The minimum absolute atomic E-state index is 0.00613. The fourth-order valence-corrected chi connectivity index (χ4v) is 5.23. The lowest BCUT2D eigenvalue weighted by Crippen LogP contribution is -2.28. The summed E-state index contributed by atoms with van der Waals surface area (Å²) in [5, 5.41) is 11.5. The monoisotopic (exact) mass is 486 g/mol. The molecule has 0 amide bonds. The fourth-order valence-electron chi connectivity index (χ4n) is 3.73. The molecule has 1 aliphatic rings. The molecular formula is C21H12NO9S2-3. The van der Waals surface area contributed by atoms with Crippen LogP contribution in [0.25, 0.3) is 12.2 Å². The van der Waals surface area contributed by atoms with Gasteiger partial charge in [-0.05, 0) is 29.0 Å². The van der Waals surface area contributed by atoms with Gasteiger partial charge in [0.15, 0.2) is 11.5 Å². The van der Waals surface area contributed by atoms with Crippen LogP contribution < -0.4 is 26.0 Å². The molecule has 12 heteroatoms. The van der Waals surface area contributed by atoms with Crippen LogP contribution in [-0.2, 0) is 20.2 Å². The summed E-state index contributed by atoms with van der Waals surface area (Å²) >= 11 is 0. The van der Waals surface area contributed by atoms with Crippen LogP contribution in [0.4, 0.5) is 5.69 Å². The van der Waals surface area contributed by atoms with Gasteiger partial charge in [0.2, 0.25) is 0 Å². The molecule has 0 aromatic heterocycles. The van der Waals surface area contributed by atoms with E-state index >= 15 is 0 Å². The smallest absolute Gasteiger partial charge is 0.155 e. The predicted octanol–water partition coefficient (Wildman–Crippen LogP) is -0.796. The van der Waals surface area contributed by atoms with Crippen LogP contribution in [0.15, 0.2) is 58.3 Å². The number of anilines is 1. The quantitative estimate of drug-likeness (QED) is 0.282. The molecule has 2 N–H and O–H groups in total. The van der Waals surface area contributed by atoms with E-state index in [4.69, 9.17) is 10.5 Å². The van der Waals surface area contributed by atoms with Crippen molar-refractivity contribution < 1.29 is 40.6 Å². The number of carbonyl (C=O) groups is 1. The lowest BCUT2D eigenvalue weighted by Gasteiger charge is -2.27. The molecule has 3 aromatic rings. The van der Waals surface area contributed by atoms with Crippen LogP contribution in [0.3, 0.4) is 0 Å². The highest BCUT2D eigenvalue weighted by molar-refractivity contribution is 7.86. The average Bonchev–Trinajstić information content (AvgIpc) is 2.69. The maximum Gasteiger partial charge on any atom is 0.155 e. The van der Waals surface area contributed by atoms with Gasteiger partial charge in [-0.1, -0.05) is 36.9 Å². The Morgan fingerprint density at radius 3 is 2.09 bits per heavy atom. The van der Waals surface area contributed by atoms with E-state index in [1.807, 2.05) is 0 Å². The van der Waals surface area contributed by atoms with E-state index in [-0.39, 0.29) is 32.7 Å². The van der Waals surface area contributed by atoms with Gasteiger partial charge in [0, 0.05) is 21.9 Å². The minimum Gasteiger partial charge on any atom is -0.744 e. The predicted molar refractivity (Wildman–Crippen MR) is 110 cm³/mol. The van der Waals surface area contributed by atoms with Crippen LogP contribution in [-0.4, -0.2) is 31.9 Å². The SMILES string of the molecule is C=c1ccc2c(c1S(=O)(=O)[O-])Oc1c(ccc(N)c1S(=O)(=O)[O-])C=2c1ccccc1C(=O)[O-]. The maximum absolute atomic E-state index is 12.0. The summed E-state index contributed by atoms with van der Waals surface area (Å²) in [6, 6.07) is 10.4. The van der Waals surface area contributed by atoms with Gasteiger partial charge < -0.3 is 29.5 Å². The third-order valence-electron chi connectivity index (χ3n) is 5.00. The molecule has 0 bridgehead atoms. The van der Waals surface area contributed by atoms with E-state index in [0.29, 0.717) is 0 Å². The van der Waals surface area contributed by atoms with Crippen molar-refractivity contribution in [3.8, 4) is 11.5 Å². The average molecular weight is 486 g/mol.